The molecule has 0 radical (unpaired) electrons. The van der Waals surface area contributed by atoms with Gasteiger partial charge in [-0.2, -0.15) is 0 Å². The van der Waals surface area contributed by atoms with Gasteiger partial charge in [0.1, 0.15) is 6.10 Å². The fourth-order valence-corrected chi connectivity index (χ4v) is 2.93. The number of nitrogens with one attached hydrogen (secondary N) is 1. The molecule has 0 aromatic carbocycles. The molecule has 0 unspecified atom stereocenters. The Balaban J connectivity index is 1.48. The monoisotopic (exact) mass is 263 g/mol. The summed E-state index contributed by atoms with van der Waals surface area (Å²) in [7, 11) is 0. The van der Waals surface area contributed by atoms with Crippen LogP contribution in [-0.4, -0.2) is 18.4 Å². The maximum absolute atomic E-state index is 11.9. The van der Waals surface area contributed by atoms with Crippen molar-refractivity contribution in [1.82, 2.24) is 5.32 Å². The van der Waals surface area contributed by atoms with Crippen LogP contribution in [0.25, 0.3) is 0 Å². The predicted molar refractivity (Wildman–Crippen MR) is 74.6 cm³/mol. The van der Waals surface area contributed by atoms with Gasteiger partial charge in [-0.1, -0.05) is 12.8 Å². The van der Waals surface area contributed by atoms with Crippen LogP contribution in [0.4, 0.5) is 0 Å². The molecular formula is C16H25NO2. The number of carbonyl (C=O) groups excluding carboxylic acids is 1. The standard InChI is InChI=1S/C16H25NO2/c18-15(12-5-4-6-12)11-17-16(13-9-10-13)19-14-7-2-1-3-8-14/h12,14,17H,1-11H2. The van der Waals surface area contributed by atoms with Crippen LogP contribution in [0.1, 0.15) is 64.2 Å². The number of hydrogen-bond acceptors (Lipinski definition) is 3. The van der Waals surface area contributed by atoms with Gasteiger partial charge in [0.25, 0.3) is 0 Å². The molecule has 106 valence electrons. The highest BCUT2D eigenvalue weighted by Crippen LogP contribution is 2.33. The number of rotatable bonds is 6. The molecule has 3 saturated carbocycles. The molecule has 0 spiro atoms. The highest BCUT2D eigenvalue weighted by atomic mass is 16.5. The summed E-state index contributed by atoms with van der Waals surface area (Å²) in [6, 6.07) is 0. The van der Waals surface area contributed by atoms with Crippen molar-refractivity contribution in [3.8, 4) is 0 Å². The second kappa shape index (κ2) is 5.98. The fraction of sp³-hybridized carbons (Fsp3) is 0.812. The van der Waals surface area contributed by atoms with Crippen LogP contribution >= 0.6 is 0 Å². The van der Waals surface area contributed by atoms with Gasteiger partial charge >= 0.3 is 0 Å². The lowest BCUT2D eigenvalue weighted by Gasteiger charge is -2.27. The van der Waals surface area contributed by atoms with E-state index in [0.717, 1.165) is 31.6 Å². The van der Waals surface area contributed by atoms with Gasteiger partial charge in [0.2, 0.25) is 0 Å². The molecule has 0 amide bonds. The van der Waals surface area contributed by atoms with Crippen LogP contribution in [0.5, 0.6) is 0 Å². The van der Waals surface area contributed by atoms with Gasteiger partial charge < -0.3 is 10.1 Å². The Morgan fingerprint density at radius 2 is 1.79 bits per heavy atom. The molecule has 0 aromatic rings. The summed E-state index contributed by atoms with van der Waals surface area (Å²) < 4.78 is 6.11. The molecule has 3 aliphatic carbocycles. The average molecular weight is 263 g/mol. The average Bonchev–Trinajstić information content (AvgIpc) is 3.18. The van der Waals surface area contributed by atoms with Gasteiger partial charge in [0, 0.05) is 5.92 Å². The van der Waals surface area contributed by atoms with E-state index in [2.05, 4.69) is 5.32 Å². The van der Waals surface area contributed by atoms with Crippen LogP contribution in [0.3, 0.4) is 0 Å². The quantitative estimate of drug-likeness (QED) is 0.747. The van der Waals surface area contributed by atoms with E-state index in [9.17, 15) is 4.79 Å². The minimum absolute atomic E-state index is 0.327. The molecule has 0 atom stereocenters. The van der Waals surface area contributed by atoms with E-state index in [-0.39, 0.29) is 0 Å². The molecular weight excluding hydrogens is 238 g/mol. The summed E-state index contributed by atoms with van der Waals surface area (Å²) in [4.78, 5) is 11.9. The molecule has 0 heterocycles. The van der Waals surface area contributed by atoms with Crippen LogP contribution in [0, 0.1) is 5.92 Å². The molecule has 3 heteroatoms. The van der Waals surface area contributed by atoms with Gasteiger partial charge in [0.15, 0.2) is 11.7 Å². The third-order valence-electron chi connectivity index (χ3n) is 4.64. The Morgan fingerprint density at radius 1 is 1.05 bits per heavy atom. The van der Waals surface area contributed by atoms with Crippen LogP contribution in [0.2, 0.25) is 0 Å². The Labute approximate surface area is 115 Å². The van der Waals surface area contributed by atoms with Crippen LogP contribution in [0.15, 0.2) is 11.5 Å². The summed E-state index contributed by atoms with van der Waals surface area (Å²) in [5.74, 6) is 1.64. The first-order valence-electron chi connectivity index (χ1n) is 7.98. The smallest absolute Gasteiger partial charge is 0.186 e. The van der Waals surface area contributed by atoms with Crippen molar-refractivity contribution in [3.05, 3.63) is 11.5 Å². The first kappa shape index (κ1) is 13.0. The summed E-state index contributed by atoms with van der Waals surface area (Å²) in [5, 5.41) is 3.29. The second-order valence-corrected chi connectivity index (χ2v) is 6.26. The van der Waals surface area contributed by atoms with E-state index in [4.69, 9.17) is 4.74 Å². The highest BCUT2D eigenvalue weighted by Gasteiger charge is 2.27. The maximum Gasteiger partial charge on any atom is 0.186 e. The molecule has 0 aliphatic heterocycles. The SMILES string of the molecule is O=C(CNC(OC1CCCCC1)=C1CC1)C1CCC1. The number of ketones is 1. The minimum atomic E-state index is 0.327. The number of carbonyl (C=O) groups is 1. The van der Waals surface area contributed by atoms with Crippen LogP contribution < -0.4 is 5.32 Å². The van der Waals surface area contributed by atoms with Gasteiger partial charge in [-0.15, -0.1) is 0 Å². The lowest BCUT2D eigenvalue weighted by Crippen LogP contribution is -2.33. The molecule has 3 fully saturated rings. The maximum atomic E-state index is 11.9. The lowest BCUT2D eigenvalue weighted by atomic mass is 9.82. The molecule has 0 aromatic heterocycles. The van der Waals surface area contributed by atoms with Crippen molar-refractivity contribution in [3.63, 3.8) is 0 Å². The van der Waals surface area contributed by atoms with Crippen molar-refractivity contribution in [2.75, 3.05) is 6.54 Å². The minimum Gasteiger partial charge on any atom is -0.476 e. The van der Waals surface area contributed by atoms with Gasteiger partial charge in [-0.3, -0.25) is 4.79 Å². The highest BCUT2D eigenvalue weighted by molar-refractivity contribution is 5.83. The van der Waals surface area contributed by atoms with E-state index >= 15 is 0 Å². The number of hydrogen-bond donors (Lipinski definition) is 1. The summed E-state index contributed by atoms with van der Waals surface area (Å²) in [6.45, 7) is 0.468. The van der Waals surface area contributed by atoms with Gasteiger partial charge in [0.05, 0.1) is 6.54 Å². The lowest BCUT2D eigenvalue weighted by molar-refractivity contribution is -0.124. The number of ether oxygens (including phenoxy) is 1. The van der Waals surface area contributed by atoms with E-state index in [0.29, 0.717) is 24.3 Å². The van der Waals surface area contributed by atoms with E-state index in [1.54, 1.807) is 0 Å². The molecule has 0 bridgehead atoms. The van der Waals surface area contributed by atoms with E-state index in [1.165, 1.54) is 44.1 Å². The van der Waals surface area contributed by atoms with Crippen molar-refractivity contribution in [1.29, 1.82) is 0 Å². The fourth-order valence-electron chi connectivity index (χ4n) is 2.93. The van der Waals surface area contributed by atoms with Crippen molar-refractivity contribution < 1.29 is 9.53 Å². The number of allylic oxidation sites excluding steroid dienone is 1. The van der Waals surface area contributed by atoms with E-state index in [1.807, 2.05) is 0 Å². The first-order chi connectivity index (χ1) is 9.33. The Morgan fingerprint density at radius 3 is 2.37 bits per heavy atom. The Bertz CT molecular complexity index is 359. The van der Waals surface area contributed by atoms with Gasteiger partial charge in [-0.05, 0) is 56.9 Å². The second-order valence-electron chi connectivity index (χ2n) is 6.26. The van der Waals surface area contributed by atoms with Crippen LogP contribution in [-0.2, 0) is 9.53 Å². The summed E-state index contributed by atoms with van der Waals surface area (Å²) in [6.07, 6.45) is 12.4. The molecule has 19 heavy (non-hydrogen) atoms. The third kappa shape index (κ3) is 3.52. The normalized spacial score (nSPS) is 23.7. The molecule has 3 nitrogen and oxygen atoms in total. The summed E-state index contributed by atoms with van der Waals surface area (Å²) >= 11 is 0. The third-order valence-corrected chi connectivity index (χ3v) is 4.64. The predicted octanol–water partition coefficient (Wildman–Crippen LogP) is 3.30. The van der Waals surface area contributed by atoms with Gasteiger partial charge in [-0.25, -0.2) is 0 Å². The molecule has 3 rings (SSSR count). The molecule has 1 N–H and O–H groups in total. The van der Waals surface area contributed by atoms with E-state index < -0.39 is 0 Å². The largest absolute Gasteiger partial charge is 0.476 e. The molecule has 0 saturated heterocycles. The zero-order chi connectivity index (χ0) is 13.1. The number of Topliss-reactive ketones (excluding diaryl/α,β-unsaturated/α-hetero) is 1. The Hall–Kier alpha value is -0.990. The molecule has 3 aliphatic rings. The van der Waals surface area contributed by atoms with Crippen molar-refractivity contribution in [2.24, 2.45) is 5.92 Å². The van der Waals surface area contributed by atoms with Crippen molar-refractivity contribution >= 4 is 5.78 Å². The Kier molecular flexibility index (Phi) is 4.09. The van der Waals surface area contributed by atoms with Crippen molar-refractivity contribution in [2.45, 2.75) is 70.3 Å². The first-order valence-corrected chi connectivity index (χ1v) is 7.98. The zero-order valence-corrected chi connectivity index (χ0v) is 11.7. The zero-order valence-electron chi connectivity index (χ0n) is 11.7. The summed E-state index contributed by atoms with van der Waals surface area (Å²) in [5.41, 5.74) is 1.38. The topological polar surface area (TPSA) is 38.3 Å².